The fourth-order valence-corrected chi connectivity index (χ4v) is 2.27. The van der Waals surface area contributed by atoms with E-state index in [4.69, 9.17) is 10.2 Å². The average molecular weight is 200 g/mol. The Morgan fingerprint density at radius 1 is 1.40 bits per heavy atom. The van der Waals surface area contributed by atoms with Gasteiger partial charge in [-0.25, -0.2) is 4.98 Å². The molecule has 2 N–H and O–H groups in total. The van der Waals surface area contributed by atoms with E-state index in [1.807, 2.05) is 13.0 Å². The number of nitrogens with two attached hydrogens (primary N) is 1. The second-order valence-electron chi connectivity index (χ2n) is 3.87. The second-order valence-corrected chi connectivity index (χ2v) is 3.87. The van der Waals surface area contributed by atoms with Gasteiger partial charge in [-0.3, -0.25) is 0 Å². The molecule has 0 aliphatic heterocycles. The zero-order chi connectivity index (χ0) is 10.4. The van der Waals surface area contributed by atoms with Crippen LogP contribution in [0.3, 0.4) is 0 Å². The van der Waals surface area contributed by atoms with Gasteiger partial charge in [-0.1, -0.05) is 6.07 Å². The molecular weight excluding hydrogens is 188 g/mol. The summed E-state index contributed by atoms with van der Waals surface area (Å²) in [5, 5.41) is 0. The molecule has 1 aliphatic carbocycles. The minimum atomic E-state index is 0.710. The van der Waals surface area contributed by atoms with Crippen molar-refractivity contribution in [3.8, 4) is 0 Å². The van der Waals surface area contributed by atoms with Crippen molar-refractivity contribution in [3.05, 3.63) is 35.4 Å². The van der Waals surface area contributed by atoms with Crippen molar-refractivity contribution in [2.75, 3.05) is 0 Å². The van der Waals surface area contributed by atoms with E-state index in [0.717, 1.165) is 29.5 Å². The van der Waals surface area contributed by atoms with Gasteiger partial charge in [-0.2, -0.15) is 0 Å². The molecule has 0 fully saturated rings. The maximum Gasteiger partial charge on any atom is 0.192 e. The van der Waals surface area contributed by atoms with Crippen molar-refractivity contribution < 1.29 is 4.42 Å². The van der Waals surface area contributed by atoms with E-state index in [2.05, 4.69) is 11.1 Å². The smallest absolute Gasteiger partial charge is 0.192 e. The highest BCUT2D eigenvalue weighted by Crippen LogP contribution is 2.37. The molecular formula is C12H12N2O. The van der Waals surface area contributed by atoms with E-state index >= 15 is 0 Å². The van der Waals surface area contributed by atoms with E-state index < -0.39 is 0 Å². The van der Waals surface area contributed by atoms with Crippen LogP contribution in [-0.4, -0.2) is 4.98 Å². The molecule has 0 amide bonds. The molecule has 0 spiro atoms. The first kappa shape index (κ1) is 8.53. The summed E-state index contributed by atoms with van der Waals surface area (Å²) in [6, 6.07) is 4.14. The first-order chi connectivity index (χ1) is 7.29. The number of hydrogen-bond donors (Lipinski definition) is 1. The molecule has 2 aromatic rings. The zero-order valence-electron chi connectivity index (χ0n) is 8.58. The maximum atomic E-state index is 5.64. The summed E-state index contributed by atoms with van der Waals surface area (Å²) in [4.78, 5) is 4.32. The van der Waals surface area contributed by atoms with Crippen LogP contribution in [0.1, 0.15) is 23.4 Å². The summed E-state index contributed by atoms with van der Waals surface area (Å²) >= 11 is 0. The number of nitrogens with zero attached hydrogens (tertiary/aromatic N) is 1. The third-order valence-corrected chi connectivity index (χ3v) is 2.94. The first-order valence-corrected chi connectivity index (χ1v) is 5.10. The highest BCUT2D eigenvalue weighted by atomic mass is 16.3. The monoisotopic (exact) mass is 200 g/mol. The highest BCUT2D eigenvalue weighted by molar-refractivity contribution is 5.91. The van der Waals surface area contributed by atoms with E-state index in [1.165, 1.54) is 11.1 Å². The molecule has 3 heteroatoms. The Hall–Kier alpha value is -1.77. The Labute approximate surface area is 87.6 Å². The molecule has 1 aliphatic rings. The van der Waals surface area contributed by atoms with Gasteiger partial charge in [0, 0.05) is 12.5 Å². The van der Waals surface area contributed by atoms with Crippen molar-refractivity contribution in [3.63, 3.8) is 0 Å². The minimum Gasteiger partial charge on any atom is -0.440 e. The average Bonchev–Trinajstić information content (AvgIpc) is 2.78. The number of oxazole rings is 1. The van der Waals surface area contributed by atoms with Crippen LogP contribution in [0.4, 0.5) is 0 Å². The molecule has 0 bridgehead atoms. The molecule has 76 valence electrons. The predicted octanol–water partition coefficient (Wildman–Crippen LogP) is 2.38. The Bertz CT molecular complexity index is 566. The fourth-order valence-electron chi connectivity index (χ4n) is 2.27. The van der Waals surface area contributed by atoms with Crippen molar-refractivity contribution in [1.82, 2.24) is 4.98 Å². The lowest BCUT2D eigenvalue weighted by Crippen LogP contribution is -1.86. The van der Waals surface area contributed by atoms with Gasteiger partial charge < -0.3 is 10.2 Å². The largest absolute Gasteiger partial charge is 0.440 e. The molecule has 1 heterocycles. The Balaban J connectivity index is 2.42. The van der Waals surface area contributed by atoms with Crippen LogP contribution in [0.15, 0.2) is 22.7 Å². The molecule has 0 unspecified atom stereocenters. The van der Waals surface area contributed by atoms with E-state index in [-0.39, 0.29) is 0 Å². The van der Waals surface area contributed by atoms with Crippen LogP contribution in [0.2, 0.25) is 0 Å². The number of aromatic nitrogens is 1. The van der Waals surface area contributed by atoms with Crippen molar-refractivity contribution >= 4 is 16.7 Å². The molecule has 1 aromatic carbocycles. The van der Waals surface area contributed by atoms with Crippen molar-refractivity contribution in [2.24, 2.45) is 5.73 Å². The molecule has 0 saturated carbocycles. The quantitative estimate of drug-likeness (QED) is 0.710. The Morgan fingerprint density at radius 2 is 2.27 bits per heavy atom. The van der Waals surface area contributed by atoms with Gasteiger partial charge in [0.25, 0.3) is 0 Å². The molecule has 0 atom stereocenters. The molecule has 15 heavy (non-hydrogen) atoms. The predicted molar refractivity (Wildman–Crippen MR) is 59.2 cm³/mol. The zero-order valence-corrected chi connectivity index (χ0v) is 8.58. The van der Waals surface area contributed by atoms with E-state index in [0.29, 0.717) is 5.89 Å². The van der Waals surface area contributed by atoms with Gasteiger partial charge in [-0.05, 0) is 36.2 Å². The van der Waals surface area contributed by atoms with Gasteiger partial charge in [-0.15, -0.1) is 0 Å². The number of fused-ring (bicyclic) bond motifs is 3. The lowest BCUT2D eigenvalue weighted by molar-refractivity contribution is 0.560. The van der Waals surface area contributed by atoms with E-state index in [1.54, 1.807) is 6.20 Å². The lowest BCUT2D eigenvalue weighted by Gasteiger charge is -1.99. The lowest BCUT2D eigenvalue weighted by atomic mass is 10.1. The SMILES string of the molecule is Cc1nc2ccc3c(c2o1)/C(=C/N)CC3. The summed E-state index contributed by atoms with van der Waals surface area (Å²) in [5.41, 5.74) is 11.1. The third kappa shape index (κ3) is 1.09. The van der Waals surface area contributed by atoms with Crippen LogP contribution in [-0.2, 0) is 6.42 Å². The number of rotatable bonds is 0. The standard InChI is InChI=1S/C12H12N2O/c1-7-14-10-5-4-8-2-3-9(6-13)11(8)12(10)15-7/h4-6H,2-3,13H2,1H3/b9-6+. The van der Waals surface area contributed by atoms with Gasteiger partial charge >= 0.3 is 0 Å². The molecule has 0 saturated heterocycles. The second kappa shape index (κ2) is 2.86. The molecule has 1 aromatic heterocycles. The normalized spacial score (nSPS) is 17.5. The molecule has 3 rings (SSSR count). The minimum absolute atomic E-state index is 0.710. The summed E-state index contributed by atoms with van der Waals surface area (Å²) in [6.45, 7) is 1.87. The van der Waals surface area contributed by atoms with Crippen LogP contribution in [0, 0.1) is 6.92 Å². The Kier molecular flexibility index (Phi) is 1.63. The van der Waals surface area contributed by atoms with Gasteiger partial charge in [0.1, 0.15) is 5.52 Å². The number of hydrogen-bond acceptors (Lipinski definition) is 3. The van der Waals surface area contributed by atoms with Gasteiger partial charge in [0.2, 0.25) is 0 Å². The van der Waals surface area contributed by atoms with Crippen LogP contribution in [0.5, 0.6) is 0 Å². The molecule has 3 nitrogen and oxygen atoms in total. The third-order valence-electron chi connectivity index (χ3n) is 2.94. The van der Waals surface area contributed by atoms with E-state index in [9.17, 15) is 0 Å². The van der Waals surface area contributed by atoms with Crippen LogP contribution < -0.4 is 5.73 Å². The topological polar surface area (TPSA) is 52.0 Å². The summed E-state index contributed by atoms with van der Waals surface area (Å²) in [7, 11) is 0. The van der Waals surface area contributed by atoms with Crippen LogP contribution >= 0.6 is 0 Å². The summed E-state index contributed by atoms with van der Waals surface area (Å²) in [6.07, 6.45) is 3.74. The summed E-state index contributed by atoms with van der Waals surface area (Å²) in [5.74, 6) is 0.710. The van der Waals surface area contributed by atoms with Gasteiger partial charge in [0.05, 0.1) is 0 Å². The highest BCUT2D eigenvalue weighted by Gasteiger charge is 2.21. The van der Waals surface area contributed by atoms with Crippen molar-refractivity contribution in [1.29, 1.82) is 0 Å². The number of aryl methyl sites for hydroxylation is 2. The maximum absolute atomic E-state index is 5.64. The summed E-state index contributed by atoms with van der Waals surface area (Å²) < 4.78 is 5.64. The van der Waals surface area contributed by atoms with Crippen LogP contribution in [0.25, 0.3) is 16.7 Å². The number of allylic oxidation sites excluding steroid dienone is 1. The van der Waals surface area contributed by atoms with Crippen molar-refractivity contribution in [2.45, 2.75) is 19.8 Å². The molecule has 0 radical (unpaired) electrons. The fraction of sp³-hybridized carbons (Fsp3) is 0.250. The number of benzene rings is 1. The Morgan fingerprint density at radius 3 is 3.07 bits per heavy atom. The van der Waals surface area contributed by atoms with Gasteiger partial charge in [0.15, 0.2) is 11.5 Å². The first-order valence-electron chi connectivity index (χ1n) is 5.10.